The van der Waals surface area contributed by atoms with Crippen LogP contribution in [0.2, 0.25) is 0 Å². The third-order valence-electron chi connectivity index (χ3n) is 5.15. The minimum absolute atomic E-state index is 0.0678. The van der Waals surface area contributed by atoms with Crippen LogP contribution in [0.1, 0.15) is 17.7 Å². The summed E-state index contributed by atoms with van der Waals surface area (Å²) in [5.74, 6) is 0.119. The molecule has 2 aliphatic heterocycles. The van der Waals surface area contributed by atoms with Gasteiger partial charge in [-0.2, -0.15) is 0 Å². The van der Waals surface area contributed by atoms with Crippen molar-refractivity contribution >= 4 is 29.0 Å². The fourth-order valence-electron chi connectivity index (χ4n) is 3.49. The van der Waals surface area contributed by atoms with Gasteiger partial charge in [-0.3, -0.25) is 14.1 Å². The Kier molecular flexibility index (Phi) is 7.36. The van der Waals surface area contributed by atoms with Crippen molar-refractivity contribution in [3.63, 3.8) is 0 Å². The number of hydrogen-bond acceptors (Lipinski definition) is 8. The van der Waals surface area contributed by atoms with E-state index < -0.39 is 27.6 Å². The summed E-state index contributed by atoms with van der Waals surface area (Å²) in [6, 6.07) is 4.18. The first-order valence-electron chi connectivity index (χ1n) is 9.72. The molecular weight excluding hydrogens is 439 g/mol. The number of nitrogens with one attached hydrogen (secondary N) is 1. The number of guanidine groups is 1. The highest BCUT2D eigenvalue weighted by Crippen LogP contribution is 2.42. The van der Waals surface area contributed by atoms with Crippen molar-refractivity contribution in [2.24, 2.45) is 10.7 Å². The quantitative estimate of drug-likeness (QED) is 0.648. The molecule has 3 heterocycles. The van der Waals surface area contributed by atoms with Crippen molar-refractivity contribution in [1.29, 1.82) is 0 Å². The van der Waals surface area contributed by atoms with Gasteiger partial charge in [0.25, 0.3) is 0 Å². The fourth-order valence-corrected chi connectivity index (χ4v) is 4.98. The minimum atomic E-state index is -1.45. The van der Waals surface area contributed by atoms with Gasteiger partial charge in [0.15, 0.2) is 0 Å². The van der Waals surface area contributed by atoms with Crippen LogP contribution in [0.25, 0.3) is 0 Å². The van der Waals surface area contributed by atoms with Gasteiger partial charge >= 0.3 is 0 Å². The molecule has 0 saturated carbocycles. The number of fused-ring (bicyclic) bond motifs is 1. The van der Waals surface area contributed by atoms with Crippen molar-refractivity contribution < 1.29 is 22.9 Å². The summed E-state index contributed by atoms with van der Waals surface area (Å²) in [7, 11) is 1.71. The third-order valence-corrected chi connectivity index (χ3v) is 6.99. The standard InChI is InChI=1S/C14H17FN4O3S.C6H8N2O/c1-19-13(16)18-14(7-22-5-4-12(14)23(19)21)10-6-9(17-8-20)2-3-11(10)15;1-5-3-8-6(9-2)4-7-5/h2-3,6,8,12H,4-5,7H2,1H3,(H2,16,18)(H,17,20);3-4H,1-2H3. The maximum absolute atomic E-state index is 14.5. The lowest BCUT2D eigenvalue weighted by Crippen LogP contribution is -2.58. The predicted molar refractivity (Wildman–Crippen MR) is 118 cm³/mol. The molecule has 12 heteroatoms. The second-order valence-electron chi connectivity index (χ2n) is 7.15. The summed E-state index contributed by atoms with van der Waals surface area (Å²) in [6.45, 7) is 2.39. The Bertz CT molecular complexity index is 1020. The zero-order chi connectivity index (χ0) is 23.3. The number of aromatic nitrogens is 2. The van der Waals surface area contributed by atoms with E-state index in [1.807, 2.05) is 6.92 Å². The molecule has 1 saturated heterocycles. The number of carbonyl (C=O) groups is 1. The van der Waals surface area contributed by atoms with Crippen molar-refractivity contribution in [2.75, 3.05) is 32.7 Å². The molecule has 32 heavy (non-hydrogen) atoms. The molecule has 0 radical (unpaired) electrons. The van der Waals surface area contributed by atoms with Crippen LogP contribution in [0, 0.1) is 12.7 Å². The fraction of sp³-hybridized carbons (Fsp3) is 0.400. The maximum Gasteiger partial charge on any atom is 0.231 e. The van der Waals surface area contributed by atoms with Gasteiger partial charge in [-0.25, -0.2) is 18.6 Å². The topological polar surface area (TPSA) is 132 Å². The van der Waals surface area contributed by atoms with Crippen LogP contribution in [0.4, 0.5) is 10.1 Å². The average molecular weight is 465 g/mol. The summed E-state index contributed by atoms with van der Waals surface area (Å²) in [6.07, 6.45) is 4.24. The van der Waals surface area contributed by atoms with Gasteiger partial charge in [0.05, 0.1) is 37.1 Å². The largest absolute Gasteiger partial charge is 0.480 e. The monoisotopic (exact) mass is 464 g/mol. The number of amides is 1. The SMILES string of the molecule is CN1C(N)=NC2(c3cc(NC=O)ccc3F)COCCC2S1=O.COc1cnc(C)cn1. The molecule has 172 valence electrons. The molecular formula is C20H25FN6O4S. The highest BCUT2D eigenvalue weighted by Gasteiger charge is 2.52. The highest BCUT2D eigenvalue weighted by molar-refractivity contribution is 7.84. The van der Waals surface area contributed by atoms with Gasteiger partial charge in [-0.05, 0) is 31.5 Å². The van der Waals surface area contributed by atoms with E-state index in [2.05, 4.69) is 20.3 Å². The van der Waals surface area contributed by atoms with E-state index in [-0.39, 0.29) is 18.1 Å². The van der Waals surface area contributed by atoms with E-state index in [4.69, 9.17) is 15.2 Å². The number of carbonyl (C=O) groups excluding carboxylic acids is 1. The Morgan fingerprint density at radius 2 is 2.19 bits per heavy atom. The number of nitrogens with two attached hydrogens (primary N) is 1. The average Bonchev–Trinajstić information content (AvgIpc) is 2.80. The van der Waals surface area contributed by atoms with Gasteiger partial charge in [0.1, 0.15) is 22.3 Å². The minimum Gasteiger partial charge on any atom is -0.480 e. The highest BCUT2D eigenvalue weighted by atomic mass is 32.2. The van der Waals surface area contributed by atoms with Crippen LogP contribution >= 0.6 is 0 Å². The summed E-state index contributed by atoms with van der Waals surface area (Å²) in [5.41, 5.74) is 6.26. The van der Waals surface area contributed by atoms with Crippen LogP contribution in [-0.2, 0) is 26.1 Å². The Balaban J connectivity index is 0.000000269. The molecule has 1 amide bonds. The van der Waals surface area contributed by atoms with Crippen molar-refractivity contribution in [3.8, 4) is 5.88 Å². The number of aliphatic imine (C=N–C) groups is 1. The van der Waals surface area contributed by atoms with Crippen LogP contribution in [0.5, 0.6) is 5.88 Å². The lowest BCUT2D eigenvalue weighted by molar-refractivity contribution is -0.105. The van der Waals surface area contributed by atoms with Gasteiger partial charge < -0.3 is 20.5 Å². The van der Waals surface area contributed by atoms with Crippen molar-refractivity contribution in [2.45, 2.75) is 24.1 Å². The summed E-state index contributed by atoms with van der Waals surface area (Å²) in [5, 5.41) is 2.03. The van der Waals surface area contributed by atoms with Crippen LogP contribution < -0.4 is 15.8 Å². The lowest BCUT2D eigenvalue weighted by atomic mass is 9.84. The van der Waals surface area contributed by atoms with Gasteiger partial charge in [0, 0.05) is 24.9 Å². The number of rotatable bonds is 4. The number of nitrogens with zero attached hydrogens (tertiary/aromatic N) is 4. The summed E-state index contributed by atoms with van der Waals surface area (Å²) < 4.78 is 38.9. The number of halogens is 1. The first-order valence-corrected chi connectivity index (χ1v) is 10.9. The summed E-state index contributed by atoms with van der Waals surface area (Å²) in [4.78, 5) is 23.0. The number of ether oxygens (including phenoxy) is 2. The van der Waals surface area contributed by atoms with E-state index in [0.29, 0.717) is 31.0 Å². The number of anilines is 1. The predicted octanol–water partition coefficient (Wildman–Crippen LogP) is 1.10. The van der Waals surface area contributed by atoms with Crippen LogP contribution in [0.3, 0.4) is 0 Å². The van der Waals surface area contributed by atoms with Gasteiger partial charge in [-0.15, -0.1) is 0 Å². The number of methoxy groups -OCH3 is 1. The van der Waals surface area contributed by atoms with E-state index in [1.165, 1.54) is 22.5 Å². The summed E-state index contributed by atoms with van der Waals surface area (Å²) >= 11 is 0. The van der Waals surface area contributed by atoms with Crippen molar-refractivity contribution in [1.82, 2.24) is 14.3 Å². The molecule has 4 rings (SSSR count). The van der Waals surface area contributed by atoms with E-state index >= 15 is 0 Å². The second-order valence-corrected chi connectivity index (χ2v) is 8.82. The maximum atomic E-state index is 14.5. The zero-order valence-corrected chi connectivity index (χ0v) is 18.8. The second kappa shape index (κ2) is 10.0. The Morgan fingerprint density at radius 3 is 2.84 bits per heavy atom. The molecule has 1 fully saturated rings. The molecule has 3 atom stereocenters. The first kappa shape index (κ1) is 23.5. The molecule has 2 aromatic rings. The molecule has 3 unspecified atom stereocenters. The molecule has 0 spiro atoms. The molecule has 1 aromatic heterocycles. The number of benzene rings is 1. The Labute approximate surface area is 187 Å². The van der Waals surface area contributed by atoms with E-state index in [0.717, 1.165) is 5.69 Å². The zero-order valence-electron chi connectivity index (χ0n) is 17.9. The van der Waals surface area contributed by atoms with E-state index in [9.17, 15) is 13.4 Å². The molecule has 0 bridgehead atoms. The molecule has 1 aromatic carbocycles. The molecule has 10 nitrogen and oxygen atoms in total. The van der Waals surface area contributed by atoms with Crippen LogP contribution in [0.15, 0.2) is 35.6 Å². The Morgan fingerprint density at radius 1 is 1.41 bits per heavy atom. The smallest absolute Gasteiger partial charge is 0.231 e. The lowest BCUT2D eigenvalue weighted by Gasteiger charge is -2.45. The molecule has 2 aliphatic rings. The Hall–Kier alpha value is -3.12. The van der Waals surface area contributed by atoms with E-state index in [1.54, 1.807) is 26.6 Å². The van der Waals surface area contributed by atoms with Gasteiger partial charge in [0.2, 0.25) is 18.2 Å². The number of aryl methyl sites for hydroxylation is 1. The molecule has 3 N–H and O–H groups in total. The first-order chi connectivity index (χ1) is 15.3. The van der Waals surface area contributed by atoms with Crippen molar-refractivity contribution in [3.05, 3.63) is 47.7 Å². The molecule has 0 aliphatic carbocycles. The van der Waals surface area contributed by atoms with Gasteiger partial charge in [-0.1, -0.05) is 0 Å². The van der Waals surface area contributed by atoms with Crippen LogP contribution in [-0.4, -0.2) is 63.5 Å². The normalized spacial score (nSPS) is 24.4. The third kappa shape index (κ3) is 4.70. The number of hydrogen-bond donors (Lipinski definition) is 2.